The third-order valence-electron chi connectivity index (χ3n) is 2.07. The van der Waals surface area contributed by atoms with Gasteiger partial charge in [-0.15, -0.1) is 0 Å². The molecule has 0 saturated heterocycles. The van der Waals surface area contributed by atoms with E-state index in [9.17, 15) is 0 Å². The molecule has 0 aromatic carbocycles. The Hall–Kier alpha value is -0.560. The van der Waals surface area contributed by atoms with E-state index in [-0.39, 0.29) is 0 Å². The summed E-state index contributed by atoms with van der Waals surface area (Å²) in [5.74, 6) is 0. The van der Waals surface area contributed by atoms with Crippen LogP contribution in [-0.2, 0) is 0 Å². The highest BCUT2D eigenvalue weighted by Gasteiger charge is 1.91. The van der Waals surface area contributed by atoms with Crippen molar-refractivity contribution >= 4 is 0 Å². The molecule has 1 atom stereocenters. The van der Waals surface area contributed by atoms with Gasteiger partial charge in [0, 0.05) is 6.04 Å². The van der Waals surface area contributed by atoms with Crippen molar-refractivity contribution < 1.29 is 0 Å². The summed E-state index contributed by atoms with van der Waals surface area (Å²) < 4.78 is 0. The Balaban J connectivity index is 3.34. The van der Waals surface area contributed by atoms with Crippen molar-refractivity contribution in [1.82, 2.24) is 0 Å². The van der Waals surface area contributed by atoms with Gasteiger partial charge in [-0.1, -0.05) is 51.0 Å². The molecule has 0 radical (unpaired) electrons. The molecule has 0 heterocycles. The first-order valence-electron chi connectivity index (χ1n) is 5.38. The zero-order valence-electron chi connectivity index (χ0n) is 9.00. The molecule has 0 rings (SSSR count). The highest BCUT2D eigenvalue weighted by molar-refractivity contribution is 5.02. The predicted octanol–water partition coefficient (Wildman–Crippen LogP) is 3.42. The van der Waals surface area contributed by atoms with Crippen molar-refractivity contribution in [2.24, 2.45) is 5.73 Å². The van der Waals surface area contributed by atoms with Crippen molar-refractivity contribution in [2.75, 3.05) is 0 Å². The summed E-state index contributed by atoms with van der Waals surface area (Å²) in [4.78, 5) is 0. The molecule has 1 nitrogen and oxygen atoms in total. The quantitative estimate of drug-likeness (QED) is 0.472. The van der Waals surface area contributed by atoms with Crippen molar-refractivity contribution in [1.29, 1.82) is 0 Å². The van der Waals surface area contributed by atoms with E-state index in [1.54, 1.807) is 0 Å². The number of unbranched alkanes of at least 4 members (excludes halogenated alkanes) is 2. The van der Waals surface area contributed by atoms with Gasteiger partial charge in [-0.05, 0) is 19.3 Å². The van der Waals surface area contributed by atoms with Crippen LogP contribution in [0.4, 0.5) is 0 Å². The third-order valence-corrected chi connectivity index (χ3v) is 2.07. The fourth-order valence-electron chi connectivity index (χ4n) is 0.995. The number of nitrogens with two attached hydrogens (primary N) is 1. The molecule has 0 spiro atoms. The Morgan fingerprint density at radius 2 is 1.85 bits per heavy atom. The molecule has 1 heteroatoms. The molecule has 0 fully saturated rings. The Morgan fingerprint density at radius 3 is 2.46 bits per heavy atom. The summed E-state index contributed by atoms with van der Waals surface area (Å²) in [6.07, 6.45) is 14.4. The molecule has 0 bridgehead atoms. The van der Waals surface area contributed by atoms with Crippen LogP contribution in [0.3, 0.4) is 0 Å². The van der Waals surface area contributed by atoms with Crippen LogP contribution in [0.2, 0.25) is 0 Å². The number of hydrogen-bond donors (Lipinski definition) is 1. The second kappa shape index (κ2) is 9.53. The highest BCUT2D eigenvalue weighted by atomic mass is 14.6. The van der Waals surface area contributed by atoms with E-state index < -0.39 is 0 Å². The van der Waals surface area contributed by atoms with Gasteiger partial charge in [0.1, 0.15) is 0 Å². The maximum atomic E-state index is 5.76. The Bertz CT molecular complexity index is 147. The molecule has 0 saturated carbocycles. The van der Waals surface area contributed by atoms with Crippen LogP contribution in [0.15, 0.2) is 24.3 Å². The molecule has 1 unspecified atom stereocenters. The van der Waals surface area contributed by atoms with Crippen molar-refractivity contribution in [3.8, 4) is 0 Å². The largest absolute Gasteiger partial charge is 0.327 e. The molecule has 13 heavy (non-hydrogen) atoms. The first-order valence-corrected chi connectivity index (χ1v) is 5.38. The zero-order chi connectivity index (χ0) is 9.94. The van der Waals surface area contributed by atoms with Gasteiger partial charge in [0.05, 0.1) is 0 Å². The lowest BCUT2D eigenvalue weighted by atomic mass is 10.1. The lowest BCUT2D eigenvalue weighted by molar-refractivity contribution is 0.659. The van der Waals surface area contributed by atoms with Crippen LogP contribution in [-0.4, -0.2) is 6.04 Å². The van der Waals surface area contributed by atoms with Gasteiger partial charge in [-0.3, -0.25) is 0 Å². The smallest absolute Gasteiger partial charge is 0.00708 e. The van der Waals surface area contributed by atoms with Gasteiger partial charge < -0.3 is 5.73 Å². The molecule has 0 aliphatic heterocycles. The zero-order valence-corrected chi connectivity index (χ0v) is 9.00. The van der Waals surface area contributed by atoms with Gasteiger partial charge in [0.25, 0.3) is 0 Å². The van der Waals surface area contributed by atoms with E-state index in [1.807, 2.05) is 0 Å². The Morgan fingerprint density at radius 1 is 1.15 bits per heavy atom. The van der Waals surface area contributed by atoms with E-state index >= 15 is 0 Å². The maximum absolute atomic E-state index is 5.76. The van der Waals surface area contributed by atoms with Crippen LogP contribution in [0.1, 0.15) is 46.0 Å². The van der Waals surface area contributed by atoms with Crippen LogP contribution < -0.4 is 5.73 Å². The third kappa shape index (κ3) is 9.35. The normalized spacial score (nSPS) is 14.4. The van der Waals surface area contributed by atoms with Crippen molar-refractivity contribution in [3.05, 3.63) is 24.3 Å². The molecule has 0 aliphatic rings. The van der Waals surface area contributed by atoms with E-state index in [0.29, 0.717) is 6.04 Å². The molecule has 0 aliphatic carbocycles. The standard InChI is InChI=1S/C12H23N/c1-3-5-6-7-8-9-10-11-12(13)4-2/h7-10,12H,3-6,11,13H2,1-2H3/b8-7+,10-9+. The molecule has 2 N–H and O–H groups in total. The summed E-state index contributed by atoms with van der Waals surface area (Å²) in [5, 5.41) is 0. The van der Waals surface area contributed by atoms with Gasteiger partial charge in [0.15, 0.2) is 0 Å². The van der Waals surface area contributed by atoms with Gasteiger partial charge >= 0.3 is 0 Å². The number of rotatable bonds is 7. The molecule has 0 amide bonds. The summed E-state index contributed by atoms with van der Waals surface area (Å²) in [6.45, 7) is 4.33. The average Bonchev–Trinajstić information content (AvgIpc) is 2.16. The monoisotopic (exact) mass is 181 g/mol. The average molecular weight is 181 g/mol. The first-order chi connectivity index (χ1) is 6.31. The molecular formula is C12H23N. The number of hydrogen-bond acceptors (Lipinski definition) is 1. The lowest BCUT2D eigenvalue weighted by Gasteiger charge is -2.01. The Kier molecular flexibility index (Phi) is 9.12. The number of allylic oxidation sites excluding steroid dienone is 3. The minimum atomic E-state index is 0.334. The molecule has 0 aromatic rings. The van der Waals surface area contributed by atoms with Gasteiger partial charge in [-0.2, -0.15) is 0 Å². The van der Waals surface area contributed by atoms with Gasteiger partial charge in [0.2, 0.25) is 0 Å². The van der Waals surface area contributed by atoms with Crippen LogP contribution in [0.5, 0.6) is 0 Å². The Labute approximate surface area is 82.7 Å². The predicted molar refractivity (Wildman–Crippen MR) is 60.7 cm³/mol. The molecular weight excluding hydrogens is 158 g/mol. The second-order valence-electron chi connectivity index (χ2n) is 3.40. The lowest BCUT2D eigenvalue weighted by Crippen LogP contribution is -2.16. The molecule has 76 valence electrons. The second-order valence-corrected chi connectivity index (χ2v) is 3.40. The van der Waals surface area contributed by atoms with Crippen molar-refractivity contribution in [3.63, 3.8) is 0 Å². The minimum Gasteiger partial charge on any atom is -0.327 e. The van der Waals surface area contributed by atoms with E-state index in [0.717, 1.165) is 12.8 Å². The van der Waals surface area contributed by atoms with Crippen molar-refractivity contribution in [2.45, 2.75) is 52.0 Å². The van der Waals surface area contributed by atoms with Crippen LogP contribution >= 0.6 is 0 Å². The minimum absolute atomic E-state index is 0.334. The summed E-state index contributed by atoms with van der Waals surface area (Å²) >= 11 is 0. The van der Waals surface area contributed by atoms with E-state index in [4.69, 9.17) is 5.73 Å². The van der Waals surface area contributed by atoms with Crippen LogP contribution in [0.25, 0.3) is 0 Å². The fourth-order valence-corrected chi connectivity index (χ4v) is 0.995. The fraction of sp³-hybridized carbons (Fsp3) is 0.667. The van der Waals surface area contributed by atoms with E-state index in [2.05, 4.69) is 38.2 Å². The topological polar surface area (TPSA) is 26.0 Å². The summed E-state index contributed by atoms with van der Waals surface area (Å²) in [6, 6.07) is 0.334. The first kappa shape index (κ1) is 12.4. The highest BCUT2D eigenvalue weighted by Crippen LogP contribution is 1.97. The summed E-state index contributed by atoms with van der Waals surface area (Å²) in [5.41, 5.74) is 5.76. The SMILES string of the molecule is CCCC/C=C/C=C/CC(N)CC. The van der Waals surface area contributed by atoms with E-state index in [1.165, 1.54) is 19.3 Å². The molecule has 0 aromatic heterocycles. The summed E-state index contributed by atoms with van der Waals surface area (Å²) in [7, 11) is 0. The maximum Gasteiger partial charge on any atom is 0.00708 e. The van der Waals surface area contributed by atoms with Crippen LogP contribution in [0, 0.1) is 0 Å². The van der Waals surface area contributed by atoms with Gasteiger partial charge in [-0.25, -0.2) is 0 Å².